The second kappa shape index (κ2) is 8.18. The third kappa shape index (κ3) is 5.21. The van der Waals surface area contributed by atoms with Crippen LogP contribution >= 0.6 is 0 Å². The van der Waals surface area contributed by atoms with Gasteiger partial charge in [-0.1, -0.05) is 25.1 Å². The van der Waals surface area contributed by atoms with Gasteiger partial charge in [0.1, 0.15) is 12.4 Å². The van der Waals surface area contributed by atoms with Crippen molar-refractivity contribution >= 4 is 0 Å². The first-order valence-electron chi connectivity index (χ1n) is 7.49. The van der Waals surface area contributed by atoms with Crippen molar-refractivity contribution in [3.8, 4) is 5.75 Å². The number of hydrogen-bond acceptors (Lipinski definition) is 3. The second-order valence-electron chi connectivity index (χ2n) is 5.25. The topological polar surface area (TPSA) is 24.5 Å². The number of rotatable bonds is 7. The summed E-state index contributed by atoms with van der Waals surface area (Å²) < 4.78 is 5.75. The lowest BCUT2D eigenvalue weighted by molar-refractivity contribution is 0.154. The van der Waals surface area contributed by atoms with Crippen LogP contribution in [0.3, 0.4) is 0 Å². The molecule has 0 aromatic heterocycles. The maximum absolute atomic E-state index is 5.75. The van der Waals surface area contributed by atoms with Crippen molar-refractivity contribution in [2.24, 2.45) is 5.92 Å². The molecule has 0 saturated carbocycles. The molecule has 1 aromatic carbocycles. The molecule has 0 radical (unpaired) electrons. The molecular weight excluding hydrogens is 236 g/mol. The molecule has 1 heterocycles. The Morgan fingerprint density at radius 2 is 1.95 bits per heavy atom. The molecule has 1 aliphatic heterocycles. The van der Waals surface area contributed by atoms with Crippen molar-refractivity contribution in [1.82, 2.24) is 10.2 Å². The summed E-state index contributed by atoms with van der Waals surface area (Å²) in [6.07, 6.45) is 2.64. The maximum Gasteiger partial charge on any atom is 0.119 e. The molecule has 0 spiro atoms. The lowest BCUT2D eigenvalue weighted by Gasteiger charge is -2.31. The van der Waals surface area contributed by atoms with E-state index >= 15 is 0 Å². The van der Waals surface area contributed by atoms with Gasteiger partial charge in [-0.2, -0.15) is 0 Å². The van der Waals surface area contributed by atoms with E-state index in [0.717, 1.165) is 31.4 Å². The molecule has 1 saturated heterocycles. The summed E-state index contributed by atoms with van der Waals surface area (Å²) >= 11 is 0. The van der Waals surface area contributed by atoms with Gasteiger partial charge < -0.3 is 10.1 Å². The van der Waals surface area contributed by atoms with Crippen LogP contribution in [0, 0.1) is 5.92 Å². The number of para-hydroxylation sites is 1. The van der Waals surface area contributed by atoms with Crippen LogP contribution in [0.2, 0.25) is 0 Å². The average Bonchev–Trinajstić information content (AvgIpc) is 2.47. The van der Waals surface area contributed by atoms with E-state index in [4.69, 9.17) is 4.74 Å². The van der Waals surface area contributed by atoms with E-state index in [0.29, 0.717) is 0 Å². The summed E-state index contributed by atoms with van der Waals surface area (Å²) in [5.74, 6) is 1.84. The predicted molar refractivity (Wildman–Crippen MR) is 79.6 cm³/mol. The minimum absolute atomic E-state index is 0.794. The van der Waals surface area contributed by atoms with Crippen molar-refractivity contribution < 1.29 is 4.74 Å². The fourth-order valence-corrected chi connectivity index (χ4v) is 2.57. The first-order chi connectivity index (χ1) is 9.38. The van der Waals surface area contributed by atoms with E-state index in [1.165, 1.54) is 32.5 Å². The Morgan fingerprint density at radius 1 is 1.21 bits per heavy atom. The zero-order valence-corrected chi connectivity index (χ0v) is 12.0. The number of ether oxygens (including phenoxy) is 1. The lowest BCUT2D eigenvalue weighted by Crippen LogP contribution is -2.39. The molecule has 1 fully saturated rings. The van der Waals surface area contributed by atoms with Gasteiger partial charge in [-0.3, -0.25) is 4.90 Å². The van der Waals surface area contributed by atoms with Gasteiger partial charge in [0.05, 0.1) is 0 Å². The molecule has 3 heteroatoms. The summed E-state index contributed by atoms with van der Waals surface area (Å²) in [5, 5.41) is 3.45. The normalized spacial score (nSPS) is 17.5. The van der Waals surface area contributed by atoms with Crippen molar-refractivity contribution in [3.63, 3.8) is 0 Å². The van der Waals surface area contributed by atoms with Crippen LogP contribution in [-0.4, -0.2) is 44.2 Å². The van der Waals surface area contributed by atoms with E-state index in [1.807, 2.05) is 30.3 Å². The van der Waals surface area contributed by atoms with Gasteiger partial charge in [0.25, 0.3) is 0 Å². The van der Waals surface area contributed by atoms with E-state index in [9.17, 15) is 0 Å². The van der Waals surface area contributed by atoms with Gasteiger partial charge >= 0.3 is 0 Å². The number of likely N-dealkylation sites (tertiary alicyclic amines) is 1. The summed E-state index contributed by atoms with van der Waals surface area (Å²) in [7, 11) is 0. The number of nitrogens with one attached hydrogen (secondary N) is 1. The second-order valence-corrected chi connectivity index (χ2v) is 5.25. The Bertz CT molecular complexity index is 334. The van der Waals surface area contributed by atoms with Crippen LogP contribution in [0.4, 0.5) is 0 Å². The molecule has 0 unspecified atom stereocenters. The van der Waals surface area contributed by atoms with E-state index in [1.54, 1.807) is 0 Å². The summed E-state index contributed by atoms with van der Waals surface area (Å²) in [6, 6.07) is 10.1. The molecule has 0 amide bonds. The number of benzene rings is 1. The number of nitrogens with zero attached hydrogens (tertiary/aromatic N) is 1. The minimum atomic E-state index is 0.794. The molecule has 2 rings (SSSR count). The monoisotopic (exact) mass is 262 g/mol. The highest BCUT2D eigenvalue weighted by atomic mass is 16.5. The maximum atomic E-state index is 5.75. The van der Waals surface area contributed by atoms with Crippen molar-refractivity contribution in [2.75, 3.05) is 39.3 Å². The Hall–Kier alpha value is -1.06. The highest BCUT2D eigenvalue weighted by molar-refractivity contribution is 5.20. The highest BCUT2D eigenvalue weighted by Crippen LogP contribution is 2.16. The van der Waals surface area contributed by atoms with Gasteiger partial charge in [-0.25, -0.2) is 0 Å². The number of piperidine rings is 1. The minimum Gasteiger partial charge on any atom is -0.492 e. The van der Waals surface area contributed by atoms with Crippen LogP contribution in [0.15, 0.2) is 30.3 Å². The Morgan fingerprint density at radius 3 is 2.63 bits per heavy atom. The zero-order valence-electron chi connectivity index (χ0n) is 12.0. The highest BCUT2D eigenvalue weighted by Gasteiger charge is 2.18. The Balaban J connectivity index is 1.58. The van der Waals surface area contributed by atoms with Gasteiger partial charge in [0, 0.05) is 6.54 Å². The van der Waals surface area contributed by atoms with Crippen molar-refractivity contribution in [1.29, 1.82) is 0 Å². The smallest absolute Gasteiger partial charge is 0.119 e. The van der Waals surface area contributed by atoms with Crippen LogP contribution < -0.4 is 10.1 Å². The predicted octanol–water partition coefficient (Wildman–Crippen LogP) is 2.39. The van der Waals surface area contributed by atoms with Crippen LogP contribution in [0.25, 0.3) is 0 Å². The van der Waals surface area contributed by atoms with Gasteiger partial charge in [0.2, 0.25) is 0 Å². The zero-order chi connectivity index (χ0) is 13.3. The van der Waals surface area contributed by atoms with E-state index < -0.39 is 0 Å². The molecular formula is C16H26N2O. The first kappa shape index (κ1) is 14.4. The van der Waals surface area contributed by atoms with Crippen LogP contribution in [0.5, 0.6) is 5.75 Å². The SMILES string of the molecule is CCNCC1CCN(CCOc2ccccc2)CC1. The van der Waals surface area contributed by atoms with Gasteiger partial charge in [0.15, 0.2) is 0 Å². The molecule has 0 atom stereocenters. The first-order valence-corrected chi connectivity index (χ1v) is 7.49. The molecule has 106 valence electrons. The van der Waals surface area contributed by atoms with Crippen LogP contribution in [0.1, 0.15) is 19.8 Å². The molecule has 1 aliphatic rings. The molecule has 3 nitrogen and oxygen atoms in total. The molecule has 19 heavy (non-hydrogen) atoms. The fraction of sp³-hybridized carbons (Fsp3) is 0.625. The molecule has 1 N–H and O–H groups in total. The Kier molecular flexibility index (Phi) is 6.18. The third-order valence-corrected chi connectivity index (χ3v) is 3.81. The standard InChI is InChI=1S/C16H26N2O/c1-2-17-14-15-8-10-18(11-9-15)12-13-19-16-6-4-3-5-7-16/h3-7,15,17H,2,8-14H2,1H3. The number of hydrogen-bond donors (Lipinski definition) is 1. The van der Waals surface area contributed by atoms with Gasteiger partial charge in [-0.15, -0.1) is 0 Å². The van der Waals surface area contributed by atoms with E-state index in [-0.39, 0.29) is 0 Å². The van der Waals surface area contributed by atoms with Crippen molar-refractivity contribution in [3.05, 3.63) is 30.3 Å². The summed E-state index contributed by atoms with van der Waals surface area (Å²) in [4.78, 5) is 2.52. The average molecular weight is 262 g/mol. The summed E-state index contributed by atoms with van der Waals surface area (Å²) in [6.45, 7) is 8.72. The molecule has 1 aromatic rings. The third-order valence-electron chi connectivity index (χ3n) is 3.81. The summed E-state index contributed by atoms with van der Waals surface area (Å²) in [5.41, 5.74) is 0. The quantitative estimate of drug-likeness (QED) is 0.816. The lowest BCUT2D eigenvalue weighted by atomic mass is 9.97. The molecule has 0 bridgehead atoms. The largest absolute Gasteiger partial charge is 0.492 e. The van der Waals surface area contributed by atoms with E-state index in [2.05, 4.69) is 17.1 Å². The molecule has 0 aliphatic carbocycles. The van der Waals surface area contributed by atoms with Crippen molar-refractivity contribution in [2.45, 2.75) is 19.8 Å². The fourth-order valence-electron chi connectivity index (χ4n) is 2.57. The van der Waals surface area contributed by atoms with Crippen LogP contribution in [-0.2, 0) is 0 Å². The Labute approximate surface area is 116 Å². The van der Waals surface area contributed by atoms with Gasteiger partial charge in [-0.05, 0) is 57.1 Å².